The topological polar surface area (TPSA) is 95.4 Å². The smallest absolute Gasteiger partial charge is 0.262 e. The van der Waals surface area contributed by atoms with Gasteiger partial charge in [0.25, 0.3) is 5.91 Å². The van der Waals surface area contributed by atoms with Gasteiger partial charge in [0.05, 0.1) is 7.11 Å². The van der Waals surface area contributed by atoms with Crippen LogP contribution in [0.5, 0.6) is 11.5 Å². The summed E-state index contributed by atoms with van der Waals surface area (Å²) in [5.41, 5.74) is 6.07. The molecule has 1 fully saturated rings. The van der Waals surface area contributed by atoms with Crippen molar-refractivity contribution in [1.29, 1.82) is 5.26 Å². The molecule has 0 radical (unpaired) electrons. The zero-order valence-corrected chi connectivity index (χ0v) is 17.8. The van der Waals surface area contributed by atoms with Gasteiger partial charge in [-0.15, -0.1) is 0 Å². The molecule has 156 valence electrons. The molecule has 0 aromatic heterocycles. The number of nitrogens with zero attached hydrogens (tertiary/aromatic N) is 1. The molecule has 3 atom stereocenters. The van der Waals surface area contributed by atoms with Crippen LogP contribution in [-0.4, -0.2) is 30.8 Å². The van der Waals surface area contributed by atoms with Crippen molar-refractivity contribution in [2.75, 3.05) is 13.7 Å². The van der Waals surface area contributed by atoms with E-state index in [0.29, 0.717) is 34.5 Å². The highest BCUT2D eigenvalue weighted by molar-refractivity contribution is 7.80. The highest BCUT2D eigenvalue weighted by atomic mass is 32.1. The lowest BCUT2D eigenvalue weighted by molar-refractivity contribution is -0.116. The monoisotopic (exact) mass is 416 g/mol. The number of amides is 1. The maximum absolute atomic E-state index is 12.1. The minimum atomic E-state index is -0.331. The summed E-state index contributed by atoms with van der Waals surface area (Å²) in [4.78, 5) is 12.1. The molecule has 3 N–H and O–H groups in total. The van der Waals surface area contributed by atoms with Crippen LogP contribution in [0.4, 0.5) is 0 Å². The van der Waals surface area contributed by atoms with E-state index in [4.69, 9.17) is 27.0 Å². The second-order valence-corrected chi connectivity index (χ2v) is 7.56. The van der Waals surface area contributed by atoms with E-state index in [9.17, 15) is 4.79 Å². The van der Waals surface area contributed by atoms with Crippen LogP contribution >= 0.6 is 12.2 Å². The van der Waals surface area contributed by atoms with Gasteiger partial charge >= 0.3 is 0 Å². The van der Waals surface area contributed by atoms with Crippen LogP contribution in [0.3, 0.4) is 0 Å². The quantitative estimate of drug-likeness (QED) is 0.373. The lowest BCUT2D eigenvalue weighted by Crippen LogP contribution is -2.52. The van der Waals surface area contributed by atoms with E-state index in [1.165, 1.54) is 26.0 Å². The molecule has 0 heterocycles. The van der Waals surface area contributed by atoms with E-state index < -0.39 is 0 Å². The third kappa shape index (κ3) is 6.95. The number of benzene rings is 1. The number of nitriles is 1. The second-order valence-electron chi connectivity index (χ2n) is 7.15. The Labute approximate surface area is 177 Å². The summed E-state index contributed by atoms with van der Waals surface area (Å²) in [6.07, 6.45) is 6.56. The number of nitrogens with one attached hydrogen (secondary N) is 3. The van der Waals surface area contributed by atoms with Crippen LogP contribution in [0, 0.1) is 23.2 Å². The summed E-state index contributed by atoms with van der Waals surface area (Å²) in [7, 11) is 1.51. The van der Waals surface area contributed by atoms with Gasteiger partial charge in [-0.3, -0.25) is 15.6 Å². The Morgan fingerprint density at radius 2 is 2.10 bits per heavy atom. The molecule has 1 aromatic carbocycles. The van der Waals surface area contributed by atoms with Crippen LogP contribution in [0.2, 0.25) is 0 Å². The van der Waals surface area contributed by atoms with Crippen LogP contribution in [0.25, 0.3) is 6.08 Å². The summed E-state index contributed by atoms with van der Waals surface area (Å²) in [5.74, 6) is 1.83. The fourth-order valence-electron chi connectivity index (χ4n) is 3.34. The molecule has 1 saturated carbocycles. The van der Waals surface area contributed by atoms with Crippen LogP contribution < -0.4 is 25.6 Å². The number of hydrogen-bond donors (Lipinski definition) is 3. The van der Waals surface area contributed by atoms with Crippen molar-refractivity contribution in [3.05, 3.63) is 29.8 Å². The first kappa shape index (κ1) is 22.5. The maximum Gasteiger partial charge on any atom is 0.262 e. The molecule has 0 spiro atoms. The molecule has 1 amide bonds. The number of carbonyl (C=O) groups is 1. The Morgan fingerprint density at radius 1 is 1.31 bits per heavy atom. The van der Waals surface area contributed by atoms with Crippen molar-refractivity contribution in [2.24, 2.45) is 11.8 Å². The molecule has 0 bridgehead atoms. The minimum absolute atomic E-state index is 0.0634. The van der Waals surface area contributed by atoms with E-state index in [1.807, 2.05) is 6.07 Å². The van der Waals surface area contributed by atoms with E-state index in [1.54, 1.807) is 24.3 Å². The minimum Gasteiger partial charge on any atom is -0.493 e. The molecule has 0 saturated heterocycles. The van der Waals surface area contributed by atoms with Crippen LogP contribution in [-0.2, 0) is 4.79 Å². The molecule has 1 aromatic rings. The highest BCUT2D eigenvalue weighted by Crippen LogP contribution is 2.29. The predicted molar refractivity (Wildman–Crippen MR) is 116 cm³/mol. The molecule has 0 aliphatic heterocycles. The number of carbonyl (C=O) groups excluding carboxylic acids is 1. The fraction of sp³-hybridized carbons (Fsp3) is 0.476. The lowest BCUT2D eigenvalue weighted by Gasteiger charge is -2.35. The number of thiocarbonyl (C=S) groups is 1. The molecule has 7 nitrogen and oxygen atoms in total. The van der Waals surface area contributed by atoms with Crippen molar-refractivity contribution >= 4 is 29.3 Å². The zero-order valence-electron chi connectivity index (χ0n) is 17.0. The number of ether oxygens (including phenoxy) is 2. The molecule has 0 unspecified atom stereocenters. The largest absolute Gasteiger partial charge is 0.493 e. The summed E-state index contributed by atoms with van der Waals surface area (Å²) in [6.45, 7) is 4.43. The van der Waals surface area contributed by atoms with Gasteiger partial charge in [-0.05, 0) is 54.2 Å². The Bertz CT molecular complexity index is 791. The van der Waals surface area contributed by atoms with Crippen LogP contribution in [0.1, 0.15) is 38.7 Å². The third-order valence-corrected chi connectivity index (χ3v) is 5.45. The molecular weight excluding hydrogens is 388 g/mol. The highest BCUT2D eigenvalue weighted by Gasteiger charge is 2.27. The Balaban J connectivity index is 1.83. The third-order valence-electron chi connectivity index (χ3n) is 5.23. The summed E-state index contributed by atoms with van der Waals surface area (Å²) < 4.78 is 10.5. The van der Waals surface area contributed by atoms with Gasteiger partial charge < -0.3 is 14.8 Å². The zero-order chi connectivity index (χ0) is 21.2. The summed E-state index contributed by atoms with van der Waals surface area (Å²) in [5, 5.41) is 12.3. The molecule has 8 heteroatoms. The molecule has 29 heavy (non-hydrogen) atoms. The van der Waals surface area contributed by atoms with Gasteiger partial charge in [-0.25, -0.2) is 0 Å². The van der Waals surface area contributed by atoms with Gasteiger partial charge in [-0.1, -0.05) is 32.8 Å². The Hall–Kier alpha value is -2.79. The first-order valence-electron chi connectivity index (χ1n) is 9.67. The van der Waals surface area contributed by atoms with E-state index >= 15 is 0 Å². The number of methoxy groups -OCH3 is 1. The second kappa shape index (κ2) is 11.3. The van der Waals surface area contributed by atoms with E-state index in [-0.39, 0.29) is 12.5 Å². The van der Waals surface area contributed by atoms with E-state index in [0.717, 1.165) is 12.0 Å². The van der Waals surface area contributed by atoms with Gasteiger partial charge in [0, 0.05) is 12.1 Å². The Morgan fingerprint density at radius 3 is 2.83 bits per heavy atom. The van der Waals surface area contributed by atoms with Gasteiger partial charge in [-0.2, -0.15) is 5.26 Å². The molecular formula is C21H28N4O3S. The molecule has 1 aliphatic carbocycles. The molecule has 1 aliphatic rings. The normalized spacial score (nSPS) is 21.1. The standard InChI is InChI=1S/C21H28N4O3S/c1-14-5-4-6-17(15(14)2)23-21(29)25-24-20(26)10-8-16-7-9-18(28-12-11-22)19(13-16)27-3/h7-10,13-15,17H,4-6,12H2,1-3H3,(H,24,26)(H2,23,25,29)/b10-8+/t14-,15-,17-/m1/s1. The number of hydrogen-bond acceptors (Lipinski definition) is 5. The number of hydrazine groups is 1. The van der Waals surface area contributed by atoms with Crippen molar-refractivity contribution in [3.8, 4) is 17.6 Å². The van der Waals surface area contributed by atoms with Crippen LogP contribution in [0.15, 0.2) is 24.3 Å². The maximum atomic E-state index is 12.1. The van der Waals surface area contributed by atoms with Gasteiger partial charge in [0.15, 0.2) is 23.2 Å². The first-order valence-corrected chi connectivity index (χ1v) is 10.1. The van der Waals surface area contributed by atoms with Gasteiger partial charge in [0.1, 0.15) is 6.07 Å². The van der Waals surface area contributed by atoms with Crippen molar-refractivity contribution in [2.45, 2.75) is 39.2 Å². The van der Waals surface area contributed by atoms with E-state index in [2.05, 4.69) is 30.0 Å². The first-order chi connectivity index (χ1) is 13.9. The lowest BCUT2D eigenvalue weighted by atomic mass is 9.78. The van der Waals surface area contributed by atoms with Crippen molar-refractivity contribution in [1.82, 2.24) is 16.2 Å². The average Bonchev–Trinajstić information content (AvgIpc) is 2.72. The summed E-state index contributed by atoms with van der Waals surface area (Å²) in [6, 6.07) is 7.41. The van der Waals surface area contributed by atoms with Gasteiger partial charge in [0.2, 0.25) is 0 Å². The Kier molecular flexibility index (Phi) is 8.74. The predicted octanol–water partition coefficient (Wildman–Crippen LogP) is 2.93. The van der Waals surface area contributed by atoms with Crippen molar-refractivity contribution in [3.63, 3.8) is 0 Å². The number of rotatable bonds is 6. The SMILES string of the molecule is COc1cc(/C=C/C(=O)NNC(=S)N[C@@H]2CCC[C@@H](C)[C@H]2C)ccc1OCC#N. The fourth-order valence-corrected chi connectivity index (χ4v) is 3.54. The average molecular weight is 417 g/mol. The van der Waals surface area contributed by atoms with Crippen molar-refractivity contribution < 1.29 is 14.3 Å². The summed E-state index contributed by atoms with van der Waals surface area (Å²) >= 11 is 5.29. The molecule has 2 rings (SSSR count).